The second-order valence-electron chi connectivity index (χ2n) is 7.89. The minimum absolute atomic E-state index is 0.0493. The summed E-state index contributed by atoms with van der Waals surface area (Å²) in [6.07, 6.45) is 1.48. The summed E-state index contributed by atoms with van der Waals surface area (Å²) in [6, 6.07) is 24.1. The smallest absolute Gasteiger partial charge is 0.239 e. The molecule has 168 valence electrons. The molecule has 0 fully saturated rings. The number of fused-ring (bicyclic) bond motifs is 1. The predicted octanol–water partition coefficient (Wildman–Crippen LogP) is 4.38. The van der Waals surface area contributed by atoms with Gasteiger partial charge in [0.1, 0.15) is 5.82 Å². The lowest BCUT2D eigenvalue weighted by Gasteiger charge is -2.08. The van der Waals surface area contributed by atoms with E-state index >= 15 is 0 Å². The van der Waals surface area contributed by atoms with Crippen molar-refractivity contribution in [2.75, 3.05) is 13.1 Å². The maximum absolute atomic E-state index is 13.4. The van der Waals surface area contributed by atoms with Gasteiger partial charge in [0.2, 0.25) is 11.8 Å². The van der Waals surface area contributed by atoms with E-state index in [1.54, 1.807) is 12.1 Å². The molecule has 0 saturated heterocycles. The molecule has 0 aliphatic heterocycles. The average Bonchev–Trinajstić information content (AvgIpc) is 3.21. The van der Waals surface area contributed by atoms with Crippen molar-refractivity contribution in [2.24, 2.45) is 0 Å². The van der Waals surface area contributed by atoms with Gasteiger partial charge in [0.25, 0.3) is 0 Å². The zero-order chi connectivity index (χ0) is 23.0. The number of nitrogens with one attached hydrogen (secondary N) is 3. The molecule has 0 saturated carbocycles. The molecular weight excluding hydrogens is 417 g/mol. The number of H-pyrrole nitrogens is 1. The minimum atomic E-state index is -0.294. The van der Waals surface area contributed by atoms with Gasteiger partial charge in [0.05, 0.1) is 6.54 Å². The summed E-state index contributed by atoms with van der Waals surface area (Å²) in [7, 11) is 0. The van der Waals surface area contributed by atoms with Gasteiger partial charge in [0.15, 0.2) is 0 Å². The summed E-state index contributed by atoms with van der Waals surface area (Å²) >= 11 is 0. The number of rotatable bonds is 9. The van der Waals surface area contributed by atoms with Gasteiger partial charge in [-0.1, -0.05) is 48.5 Å². The first-order valence-corrected chi connectivity index (χ1v) is 11.0. The van der Waals surface area contributed by atoms with Crippen LogP contribution in [0.5, 0.6) is 0 Å². The van der Waals surface area contributed by atoms with Crippen LogP contribution < -0.4 is 10.6 Å². The van der Waals surface area contributed by atoms with Crippen molar-refractivity contribution in [3.05, 3.63) is 95.8 Å². The Hall–Kier alpha value is -3.93. The number of aromatic amines is 1. The molecule has 1 heterocycles. The number of aryl methyl sites for hydroxylation is 1. The predicted molar refractivity (Wildman–Crippen MR) is 128 cm³/mol. The molecule has 0 aliphatic carbocycles. The fourth-order valence-electron chi connectivity index (χ4n) is 3.88. The Morgan fingerprint density at radius 3 is 2.30 bits per heavy atom. The van der Waals surface area contributed by atoms with Gasteiger partial charge >= 0.3 is 0 Å². The van der Waals surface area contributed by atoms with Crippen molar-refractivity contribution in [1.82, 2.24) is 15.6 Å². The number of amides is 2. The van der Waals surface area contributed by atoms with E-state index in [2.05, 4.69) is 15.6 Å². The SMILES string of the molecule is O=C(CCc1c(-c2ccc(F)cc2)[nH]c2ccccc12)NCC(=O)NCCc1ccccc1. The normalized spacial score (nSPS) is 10.8. The maximum Gasteiger partial charge on any atom is 0.239 e. The van der Waals surface area contributed by atoms with Crippen molar-refractivity contribution in [3.63, 3.8) is 0 Å². The molecule has 0 bridgehead atoms. The highest BCUT2D eigenvalue weighted by atomic mass is 19.1. The Kier molecular flexibility index (Phi) is 7.15. The third kappa shape index (κ3) is 5.86. The Bertz CT molecular complexity index is 1230. The van der Waals surface area contributed by atoms with Crippen LogP contribution in [-0.4, -0.2) is 29.9 Å². The lowest BCUT2D eigenvalue weighted by atomic mass is 10.0. The van der Waals surface area contributed by atoms with E-state index in [1.165, 1.54) is 12.1 Å². The molecule has 5 nitrogen and oxygen atoms in total. The van der Waals surface area contributed by atoms with Crippen LogP contribution in [0.4, 0.5) is 4.39 Å². The van der Waals surface area contributed by atoms with Gasteiger partial charge in [0, 0.05) is 29.6 Å². The summed E-state index contributed by atoms with van der Waals surface area (Å²) in [5, 5.41) is 6.55. The largest absolute Gasteiger partial charge is 0.354 e. The van der Waals surface area contributed by atoms with Crippen LogP contribution >= 0.6 is 0 Å². The second-order valence-corrected chi connectivity index (χ2v) is 7.89. The van der Waals surface area contributed by atoms with E-state index in [9.17, 15) is 14.0 Å². The third-order valence-corrected chi connectivity index (χ3v) is 5.57. The van der Waals surface area contributed by atoms with Gasteiger partial charge in [-0.3, -0.25) is 9.59 Å². The number of carbonyl (C=O) groups is 2. The molecule has 0 radical (unpaired) electrons. The molecule has 3 N–H and O–H groups in total. The van der Waals surface area contributed by atoms with E-state index in [0.717, 1.165) is 39.7 Å². The van der Waals surface area contributed by atoms with Crippen LogP contribution in [-0.2, 0) is 22.4 Å². The highest BCUT2D eigenvalue weighted by Crippen LogP contribution is 2.31. The topological polar surface area (TPSA) is 74.0 Å². The van der Waals surface area contributed by atoms with Crippen LogP contribution in [0.2, 0.25) is 0 Å². The molecule has 0 aliphatic rings. The van der Waals surface area contributed by atoms with E-state index < -0.39 is 0 Å². The standard InChI is InChI=1S/C27H26FN3O2/c28-21-12-10-20(11-13-21)27-23(22-8-4-5-9-24(22)31-27)14-15-25(32)30-18-26(33)29-17-16-19-6-2-1-3-7-19/h1-13,31H,14-18H2,(H,29,33)(H,30,32). The molecule has 0 unspecified atom stereocenters. The number of benzene rings is 3. The molecule has 1 aromatic heterocycles. The lowest BCUT2D eigenvalue weighted by molar-refractivity contribution is -0.126. The number of aromatic nitrogens is 1. The summed E-state index contributed by atoms with van der Waals surface area (Å²) < 4.78 is 13.4. The van der Waals surface area contributed by atoms with Crippen LogP contribution in [0.1, 0.15) is 17.5 Å². The third-order valence-electron chi connectivity index (χ3n) is 5.57. The summed E-state index contributed by atoms with van der Waals surface area (Å²) in [5.41, 5.74) is 4.85. The molecule has 3 aromatic carbocycles. The second kappa shape index (κ2) is 10.6. The van der Waals surface area contributed by atoms with Crippen molar-refractivity contribution >= 4 is 22.7 Å². The number of hydrogen-bond acceptors (Lipinski definition) is 2. The zero-order valence-electron chi connectivity index (χ0n) is 18.2. The zero-order valence-corrected chi connectivity index (χ0v) is 18.2. The van der Waals surface area contributed by atoms with E-state index in [1.807, 2.05) is 54.6 Å². The first-order chi connectivity index (χ1) is 16.1. The van der Waals surface area contributed by atoms with Crippen molar-refractivity contribution in [3.8, 4) is 11.3 Å². The van der Waals surface area contributed by atoms with Crippen LogP contribution in [0.15, 0.2) is 78.9 Å². The van der Waals surface area contributed by atoms with E-state index in [-0.39, 0.29) is 30.6 Å². The molecule has 6 heteroatoms. The highest BCUT2D eigenvalue weighted by molar-refractivity contribution is 5.91. The first-order valence-electron chi connectivity index (χ1n) is 11.0. The molecule has 4 aromatic rings. The molecule has 4 rings (SSSR count). The first kappa shape index (κ1) is 22.3. The molecule has 0 spiro atoms. The van der Waals surface area contributed by atoms with Gasteiger partial charge in [-0.15, -0.1) is 0 Å². The number of carbonyl (C=O) groups excluding carboxylic acids is 2. The summed E-state index contributed by atoms with van der Waals surface area (Å²) in [4.78, 5) is 27.9. The van der Waals surface area contributed by atoms with Crippen molar-refractivity contribution in [2.45, 2.75) is 19.3 Å². The van der Waals surface area contributed by atoms with Crippen LogP contribution in [0.25, 0.3) is 22.2 Å². The van der Waals surface area contributed by atoms with Crippen molar-refractivity contribution in [1.29, 1.82) is 0 Å². The van der Waals surface area contributed by atoms with E-state index in [0.29, 0.717) is 13.0 Å². The monoisotopic (exact) mass is 443 g/mol. The molecule has 33 heavy (non-hydrogen) atoms. The van der Waals surface area contributed by atoms with Gasteiger partial charge in [-0.05, 0) is 59.9 Å². The summed E-state index contributed by atoms with van der Waals surface area (Å²) in [5.74, 6) is -0.695. The Morgan fingerprint density at radius 2 is 1.52 bits per heavy atom. The Morgan fingerprint density at radius 1 is 0.788 bits per heavy atom. The van der Waals surface area contributed by atoms with Crippen LogP contribution in [0, 0.1) is 5.82 Å². The van der Waals surface area contributed by atoms with E-state index in [4.69, 9.17) is 0 Å². The Labute approximate surface area is 192 Å². The fourth-order valence-corrected chi connectivity index (χ4v) is 3.88. The highest BCUT2D eigenvalue weighted by Gasteiger charge is 2.15. The van der Waals surface area contributed by atoms with Gasteiger partial charge in [-0.2, -0.15) is 0 Å². The number of halogens is 1. The van der Waals surface area contributed by atoms with Crippen LogP contribution in [0.3, 0.4) is 0 Å². The molecule has 2 amide bonds. The quantitative estimate of drug-likeness (QED) is 0.359. The minimum Gasteiger partial charge on any atom is -0.354 e. The van der Waals surface area contributed by atoms with Crippen molar-refractivity contribution < 1.29 is 14.0 Å². The van der Waals surface area contributed by atoms with Gasteiger partial charge < -0.3 is 15.6 Å². The molecule has 0 atom stereocenters. The number of hydrogen-bond donors (Lipinski definition) is 3. The average molecular weight is 444 g/mol. The lowest BCUT2D eigenvalue weighted by Crippen LogP contribution is -2.37. The Balaban J connectivity index is 1.32. The number of para-hydroxylation sites is 1. The fraction of sp³-hybridized carbons (Fsp3) is 0.185. The maximum atomic E-state index is 13.4. The van der Waals surface area contributed by atoms with Gasteiger partial charge in [-0.25, -0.2) is 4.39 Å². The summed E-state index contributed by atoms with van der Waals surface area (Å²) in [6.45, 7) is 0.474. The molecular formula is C27H26FN3O2.